The molecule has 0 aliphatic heterocycles. The Morgan fingerprint density at radius 3 is 2.33 bits per heavy atom. The van der Waals surface area contributed by atoms with Crippen LogP contribution >= 0.6 is 0 Å². The molecule has 0 N–H and O–H groups in total. The van der Waals surface area contributed by atoms with Gasteiger partial charge < -0.3 is 0 Å². The van der Waals surface area contributed by atoms with E-state index in [4.69, 9.17) is 0 Å². The zero-order valence-electron chi connectivity index (χ0n) is 6.89. The molecule has 0 heterocycles. The fraction of sp³-hybridized carbons (Fsp3) is 0.875. The predicted molar refractivity (Wildman–Crippen MR) is 43.1 cm³/mol. The van der Waals surface area contributed by atoms with Crippen molar-refractivity contribution in [3.05, 3.63) is 0 Å². The number of nitrogens with zero attached hydrogens (tertiary/aromatic N) is 1. The molecule has 0 radical (unpaired) electrons. The van der Waals surface area contributed by atoms with Crippen LogP contribution < -0.4 is 0 Å². The molecule has 9 heavy (non-hydrogen) atoms. The topological polar surface area (TPSA) is 12.4 Å². The summed E-state index contributed by atoms with van der Waals surface area (Å²) in [5, 5.41) is 0. The van der Waals surface area contributed by atoms with Gasteiger partial charge in [-0.25, -0.2) is 0 Å². The third-order valence-electron chi connectivity index (χ3n) is 1.85. The number of rotatable bonds is 3. The molecular formula is C8H17N. The molecular weight excluding hydrogens is 110 g/mol. The molecule has 0 saturated heterocycles. The van der Waals surface area contributed by atoms with Crippen LogP contribution in [0.1, 0.15) is 34.1 Å². The quantitative estimate of drug-likeness (QED) is 0.516. The van der Waals surface area contributed by atoms with E-state index in [9.17, 15) is 0 Å². The van der Waals surface area contributed by atoms with E-state index in [1.165, 1.54) is 6.42 Å². The molecule has 0 aliphatic rings. The largest absolute Gasteiger partial charge is 0.295 e. The van der Waals surface area contributed by atoms with Crippen LogP contribution in [-0.4, -0.2) is 12.3 Å². The van der Waals surface area contributed by atoms with Gasteiger partial charge in [-0.2, -0.15) is 0 Å². The molecule has 1 heteroatoms. The van der Waals surface area contributed by atoms with Gasteiger partial charge in [0.15, 0.2) is 0 Å². The molecule has 2 unspecified atom stereocenters. The van der Waals surface area contributed by atoms with Crippen LogP contribution in [0.4, 0.5) is 0 Å². The fourth-order valence-corrected chi connectivity index (χ4v) is 0.723. The summed E-state index contributed by atoms with van der Waals surface area (Å²) < 4.78 is 0. The monoisotopic (exact) mass is 127 g/mol. The number of hydrogen-bond acceptors (Lipinski definition) is 1. The molecule has 0 aromatic heterocycles. The fourth-order valence-electron chi connectivity index (χ4n) is 0.723. The van der Waals surface area contributed by atoms with Crippen molar-refractivity contribution < 1.29 is 0 Å². The summed E-state index contributed by atoms with van der Waals surface area (Å²) in [7, 11) is 0. The minimum Gasteiger partial charge on any atom is -0.295 e. The Morgan fingerprint density at radius 2 is 2.00 bits per heavy atom. The van der Waals surface area contributed by atoms with Crippen LogP contribution in [-0.2, 0) is 0 Å². The van der Waals surface area contributed by atoms with Crippen LogP contribution in [0, 0.1) is 5.92 Å². The van der Waals surface area contributed by atoms with Crippen LogP contribution in [0.5, 0.6) is 0 Å². The summed E-state index contributed by atoms with van der Waals surface area (Å²) >= 11 is 0. The van der Waals surface area contributed by atoms with E-state index in [1.807, 2.05) is 13.1 Å². The minimum atomic E-state index is 0.500. The maximum Gasteiger partial charge on any atom is 0.0492 e. The first-order chi connectivity index (χ1) is 4.22. The Morgan fingerprint density at radius 1 is 1.44 bits per heavy atom. The Bertz CT molecular complexity index is 86.6. The predicted octanol–water partition coefficient (Wildman–Crippen LogP) is 2.51. The molecule has 54 valence electrons. The molecule has 0 spiro atoms. The molecule has 0 aromatic rings. The minimum absolute atomic E-state index is 0.500. The van der Waals surface area contributed by atoms with Gasteiger partial charge in [0, 0.05) is 6.04 Å². The Balaban J connectivity index is 3.58. The lowest BCUT2D eigenvalue weighted by Crippen LogP contribution is -2.09. The van der Waals surface area contributed by atoms with Crippen molar-refractivity contribution in [3.8, 4) is 0 Å². The first-order valence-electron chi connectivity index (χ1n) is 3.70. The second-order valence-corrected chi connectivity index (χ2v) is 2.53. The molecule has 0 aromatic carbocycles. The molecule has 0 aliphatic carbocycles. The van der Waals surface area contributed by atoms with Crippen LogP contribution in [0.25, 0.3) is 0 Å². The van der Waals surface area contributed by atoms with Gasteiger partial charge in [0.05, 0.1) is 0 Å². The normalized spacial score (nSPS) is 18.2. The zero-order valence-corrected chi connectivity index (χ0v) is 6.89. The Kier molecular flexibility index (Phi) is 4.37. The van der Waals surface area contributed by atoms with E-state index in [1.54, 1.807) is 0 Å². The van der Waals surface area contributed by atoms with Gasteiger partial charge in [-0.1, -0.05) is 20.3 Å². The highest BCUT2D eigenvalue weighted by molar-refractivity contribution is 5.53. The summed E-state index contributed by atoms with van der Waals surface area (Å²) in [4.78, 5) is 4.27. The van der Waals surface area contributed by atoms with Crippen molar-refractivity contribution in [1.82, 2.24) is 0 Å². The molecule has 2 atom stereocenters. The molecule has 1 nitrogen and oxygen atoms in total. The Hall–Kier alpha value is -0.330. The highest BCUT2D eigenvalue weighted by Crippen LogP contribution is 2.09. The van der Waals surface area contributed by atoms with Crippen molar-refractivity contribution in [3.63, 3.8) is 0 Å². The van der Waals surface area contributed by atoms with Gasteiger partial charge in [-0.3, -0.25) is 4.99 Å². The first kappa shape index (κ1) is 8.67. The average Bonchev–Trinajstić information content (AvgIpc) is 1.87. The highest BCUT2D eigenvalue weighted by Gasteiger charge is 2.05. The van der Waals surface area contributed by atoms with E-state index in [2.05, 4.69) is 25.8 Å². The standard InChI is InChI=1S/C8H17N/c1-5-7(3)8(4)9-6-2/h6-8H,5H2,1-4H3. The zero-order chi connectivity index (χ0) is 7.28. The molecule has 0 amide bonds. The number of aliphatic imine (C=N–C) groups is 1. The molecule has 0 saturated carbocycles. The molecule has 0 rings (SSSR count). The lowest BCUT2D eigenvalue weighted by atomic mass is 10.0. The maximum atomic E-state index is 4.27. The van der Waals surface area contributed by atoms with Crippen molar-refractivity contribution in [2.45, 2.75) is 40.2 Å². The smallest absolute Gasteiger partial charge is 0.0492 e. The van der Waals surface area contributed by atoms with Crippen molar-refractivity contribution >= 4 is 6.21 Å². The van der Waals surface area contributed by atoms with E-state index in [-0.39, 0.29) is 0 Å². The summed E-state index contributed by atoms with van der Waals surface area (Å²) in [6, 6.07) is 0.500. The van der Waals surface area contributed by atoms with Crippen LogP contribution in [0.3, 0.4) is 0 Å². The van der Waals surface area contributed by atoms with Gasteiger partial charge in [0.25, 0.3) is 0 Å². The van der Waals surface area contributed by atoms with Gasteiger partial charge in [-0.05, 0) is 26.0 Å². The van der Waals surface area contributed by atoms with E-state index in [0.717, 1.165) is 5.92 Å². The van der Waals surface area contributed by atoms with Gasteiger partial charge in [0.2, 0.25) is 0 Å². The highest BCUT2D eigenvalue weighted by atomic mass is 14.8. The Labute approximate surface area is 58.2 Å². The lowest BCUT2D eigenvalue weighted by Gasteiger charge is -2.12. The van der Waals surface area contributed by atoms with E-state index < -0.39 is 0 Å². The first-order valence-corrected chi connectivity index (χ1v) is 3.70. The van der Waals surface area contributed by atoms with Crippen molar-refractivity contribution in [2.75, 3.05) is 0 Å². The van der Waals surface area contributed by atoms with E-state index in [0.29, 0.717) is 6.04 Å². The second-order valence-electron chi connectivity index (χ2n) is 2.53. The third kappa shape index (κ3) is 3.28. The van der Waals surface area contributed by atoms with Crippen LogP contribution in [0.15, 0.2) is 4.99 Å². The van der Waals surface area contributed by atoms with Gasteiger partial charge in [0.1, 0.15) is 0 Å². The summed E-state index contributed by atoms with van der Waals surface area (Å²) in [6.07, 6.45) is 3.11. The SMILES string of the molecule is CC=NC(C)C(C)CC. The average molecular weight is 127 g/mol. The molecule has 0 fully saturated rings. The maximum absolute atomic E-state index is 4.27. The summed E-state index contributed by atoms with van der Waals surface area (Å²) in [5.41, 5.74) is 0. The third-order valence-corrected chi connectivity index (χ3v) is 1.85. The van der Waals surface area contributed by atoms with Crippen LogP contribution in [0.2, 0.25) is 0 Å². The lowest BCUT2D eigenvalue weighted by molar-refractivity contribution is 0.473. The second kappa shape index (κ2) is 4.54. The van der Waals surface area contributed by atoms with Gasteiger partial charge in [-0.15, -0.1) is 0 Å². The summed E-state index contributed by atoms with van der Waals surface area (Å²) in [6.45, 7) is 8.57. The van der Waals surface area contributed by atoms with E-state index >= 15 is 0 Å². The molecule has 0 bridgehead atoms. The summed E-state index contributed by atoms with van der Waals surface area (Å²) in [5.74, 6) is 0.723. The number of hydrogen-bond donors (Lipinski definition) is 0. The van der Waals surface area contributed by atoms with Crippen molar-refractivity contribution in [2.24, 2.45) is 10.9 Å². The van der Waals surface area contributed by atoms with Crippen molar-refractivity contribution in [1.29, 1.82) is 0 Å². The van der Waals surface area contributed by atoms with Gasteiger partial charge >= 0.3 is 0 Å².